The molecule has 2 heterocycles. The zero-order chi connectivity index (χ0) is 16.0. The first-order chi connectivity index (χ1) is 11.1. The van der Waals surface area contributed by atoms with Crippen molar-refractivity contribution < 1.29 is 0 Å². The van der Waals surface area contributed by atoms with Gasteiger partial charge in [-0.1, -0.05) is 29.8 Å². The number of aromatic nitrogens is 3. The Morgan fingerprint density at radius 2 is 1.78 bits per heavy atom. The number of pyridine rings is 1. The van der Waals surface area contributed by atoms with Crippen LogP contribution in [0.4, 0.5) is 5.69 Å². The number of hydrogen-bond acceptors (Lipinski definition) is 3. The lowest BCUT2D eigenvalue weighted by Crippen LogP contribution is -2.16. The Morgan fingerprint density at radius 1 is 1.04 bits per heavy atom. The highest BCUT2D eigenvalue weighted by Crippen LogP contribution is 2.21. The van der Waals surface area contributed by atoms with E-state index in [2.05, 4.69) is 10.5 Å². The van der Waals surface area contributed by atoms with E-state index in [1.165, 1.54) is 0 Å². The highest BCUT2D eigenvalue weighted by Gasteiger charge is 2.12. The second kappa shape index (κ2) is 5.14. The Bertz CT molecular complexity index is 1080. The van der Waals surface area contributed by atoms with Crippen molar-refractivity contribution in [3.05, 3.63) is 70.1 Å². The molecule has 0 aliphatic carbocycles. The first-order valence-corrected chi connectivity index (χ1v) is 7.51. The molecule has 23 heavy (non-hydrogen) atoms. The molecule has 0 saturated heterocycles. The van der Waals surface area contributed by atoms with Crippen molar-refractivity contribution in [3.8, 4) is 0 Å². The summed E-state index contributed by atoms with van der Waals surface area (Å²) in [6.45, 7) is 0. The maximum absolute atomic E-state index is 12.5. The number of benzene rings is 2. The lowest BCUT2D eigenvalue weighted by Gasteiger charge is -2.05. The minimum absolute atomic E-state index is 0.0668. The van der Waals surface area contributed by atoms with Crippen molar-refractivity contribution in [3.63, 3.8) is 0 Å². The van der Waals surface area contributed by atoms with Gasteiger partial charge in [0.1, 0.15) is 5.52 Å². The normalized spacial score (nSPS) is 11.2. The average molecular weight is 325 g/mol. The average Bonchev–Trinajstić information content (AvgIpc) is 2.99. The van der Waals surface area contributed by atoms with Crippen LogP contribution in [-0.2, 0) is 7.05 Å². The Labute approximate surface area is 136 Å². The molecule has 114 valence electrons. The molecule has 1 N–H and O–H groups in total. The Hall–Kier alpha value is -2.79. The number of nitrogens with one attached hydrogen (secondary N) is 1. The summed E-state index contributed by atoms with van der Waals surface area (Å²) in [5.41, 5.74) is 5.45. The SMILES string of the molecule is Cn1c(=O)c2cn(Nc3ccc(Cl)cc3)nc2c2ccccc21. The minimum Gasteiger partial charge on any atom is -0.311 e. The van der Waals surface area contributed by atoms with E-state index >= 15 is 0 Å². The third-order valence-corrected chi connectivity index (χ3v) is 4.11. The van der Waals surface area contributed by atoms with Crippen molar-refractivity contribution in [2.24, 2.45) is 7.05 Å². The van der Waals surface area contributed by atoms with Crippen LogP contribution in [0.25, 0.3) is 21.8 Å². The van der Waals surface area contributed by atoms with Gasteiger partial charge in [0.2, 0.25) is 0 Å². The summed E-state index contributed by atoms with van der Waals surface area (Å²) in [4.78, 5) is 14.1. The molecule has 2 aromatic carbocycles. The first kappa shape index (κ1) is 13.8. The van der Waals surface area contributed by atoms with E-state index in [0.717, 1.165) is 16.6 Å². The zero-order valence-corrected chi connectivity index (χ0v) is 13.1. The van der Waals surface area contributed by atoms with Gasteiger partial charge in [-0.05, 0) is 30.3 Å². The first-order valence-electron chi connectivity index (χ1n) is 7.13. The number of fused-ring (bicyclic) bond motifs is 3. The Morgan fingerprint density at radius 3 is 2.57 bits per heavy atom. The highest BCUT2D eigenvalue weighted by atomic mass is 35.5. The molecule has 0 bridgehead atoms. The van der Waals surface area contributed by atoms with Gasteiger partial charge in [0.25, 0.3) is 5.56 Å². The summed E-state index contributed by atoms with van der Waals surface area (Å²) in [6, 6.07) is 15.0. The molecule has 4 rings (SSSR count). The van der Waals surface area contributed by atoms with Crippen molar-refractivity contribution in [1.29, 1.82) is 0 Å². The number of anilines is 1. The molecule has 0 saturated carbocycles. The van der Waals surface area contributed by atoms with Gasteiger partial charge in [-0.15, -0.1) is 0 Å². The van der Waals surface area contributed by atoms with Gasteiger partial charge in [-0.2, -0.15) is 9.89 Å². The lowest BCUT2D eigenvalue weighted by molar-refractivity contribution is 0.817. The fourth-order valence-electron chi connectivity index (χ4n) is 2.70. The second-order valence-corrected chi connectivity index (χ2v) is 5.77. The van der Waals surface area contributed by atoms with Gasteiger partial charge in [-0.3, -0.25) is 10.2 Å². The topological polar surface area (TPSA) is 51.9 Å². The van der Waals surface area contributed by atoms with Crippen molar-refractivity contribution in [2.45, 2.75) is 0 Å². The zero-order valence-electron chi connectivity index (χ0n) is 12.3. The summed E-state index contributed by atoms with van der Waals surface area (Å²) < 4.78 is 1.64. The standard InChI is InChI=1S/C17H13ClN4O/c1-21-15-5-3-2-4-13(15)16-14(17(21)23)10-22(20-16)19-12-8-6-11(18)7-9-12/h2-10,19H,1H3. The number of aryl methyl sites for hydroxylation is 1. The van der Waals surface area contributed by atoms with E-state index in [1.54, 1.807) is 34.7 Å². The van der Waals surface area contributed by atoms with Gasteiger partial charge in [0.05, 0.1) is 22.8 Å². The van der Waals surface area contributed by atoms with Crippen LogP contribution in [-0.4, -0.2) is 14.5 Å². The lowest BCUT2D eigenvalue weighted by atomic mass is 10.1. The molecule has 0 aliphatic heterocycles. The molecule has 6 heteroatoms. The van der Waals surface area contributed by atoms with E-state index in [9.17, 15) is 4.79 Å². The predicted molar refractivity (Wildman–Crippen MR) is 93.0 cm³/mol. The largest absolute Gasteiger partial charge is 0.311 e. The Balaban J connectivity index is 1.90. The van der Waals surface area contributed by atoms with Gasteiger partial charge >= 0.3 is 0 Å². The fraction of sp³-hybridized carbons (Fsp3) is 0.0588. The van der Waals surface area contributed by atoms with E-state index in [4.69, 9.17) is 11.6 Å². The van der Waals surface area contributed by atoms with E-state index in [0.29, 0.717) is 15.9 Å². The smallest absolute Gasteiger partial charge is 0.261 e. The molecular formula is C17H13ClN4O. The monoisotopic (exact) mass is 324 g/mol. The van der Waals surface area contributed by atoms with Gasteiger partial charge < -0.3 is 4.57 Å². The van der Waals surface area contributed by atoms with Crippen LogP contribution in [0.15, 0.2) is 59.5 Å². The molecule has 0 spiro atoms. The van der Waals surface area contributed by atoms with Crippen LogP contribution < -0.4 is 11.0 Å². The maximum Gasteiger partial charge on any atom is 0.261 e. The molecule has 5 nitrogen and oxygen atoms in total. The van der Waals surface area contributed by atoms with Gasteiger partial charge in [0.15, 0.2) is 0 Å². The fourth-order valence-corrected chi connectivity index (χ4v) is 2.83. The van der Waals surface area contributed by atoms with E-state index in [1.807, 2.05) is 36.4 Å². The molecule has 2 aromatic heterocycles. The van der Waals surface area contributed by atoms with E-state index < -0.39 is 0 Å². The van der Waals surface area contributed by atoms with Crippen molar-refractivity contribution in [1.82, 2.24) is 14.5 Å². The number of rotatable bonds is 2. The number of nitrogens with zero attached hydrogens (tertiary/aromatic N) is 3. The molecule has 0 amide bonds. The molecule has 0 aliphatic rings. The van der Waals surface area contributed by atoms with Crippen LogP contribution in [0.1, 0.15) is 0 Å². The van der Waals surface area contributed by atoms with Gasteiger partial charge in [0, 0.05) is 17.5 Å². The van der Waals surface area contributed by atoms with Crippen LogP contribution in [0.3, 0.4) is 0 Å². The highest BCUT2D eigenvalue weighted by molar-refractivity contribution is 6.30. The predicted octanol–water partition coefficient (Wildman–Crippen LogP) is 3.42. The minimum atomic E-state index is -0.0668. The van der Waals surface area contributed by atoms with Crippen LogP contribution in [0.5, 0.6) is 0 Å². The quantitative estimate of drug-likeness (QED) is 0.614. The van der Waals surface area contributed by atoms with Crippen LogP contribution in [0.2, 0.25) is 5.02 Å². The molecule has 0 unspecified atom stereocenters. The third kappa shape index (κ3) is 2.26. The number of hydrogen-bond donors (Lipinski definition) is 1. The second-order valence-electron chi connectivity index (χ2n) is 5.34. The molecular weight excluding hydrogens is 312 g/mol. The van der Waals surface area contributed by atoms with Crippen molar-refractivity contribution >= 4 is 39.1 Å². The maximum atomic E-state index is 12.5. The number of halogens is 1. The molecule has 0 radical (unpaired) electrons. The summed E-state index contributed by atoms with van der Waals surface area (Å²) >= 11 is 5.89. The van der Waals surface area contributed by atoms with Gasteiger partial charge in [-0.25, -0.2) is 0 Å². The Kier molecular flexibility index (Phi) is 3.09. The summed E-state index contributed by atoms with van der Waals surface area (Å²) in [6.07, 6.45) is 1.71. The summed E-state index contributed by atoms with van der Waals surface area (Å²) in [7, 11) is 1.77. The van der Waals surface area contributed by atoms with Crippen LogP contribution in [0, 0.1) is 0 Å². The number of para-hydroxylation sites is 1. The molecule has 4 aromatic rings. The van der Waals surface area contributed by atoms with Crippen LogP contribution >= 0.6 is 11.6 Å². The molecule has 0 atom stereocenters. The van der Waals surface area contributed by atoms with Crippen molar-refractivity contribution in [2.75, 3.05) is 5.43 Å². The summed E-state index contributed by atoms with van der Waals surface area (Å²) in [5, 5.41) is 6.71. The summed E-state index contributed by atoms with van der Waals surface area (Å²) in [5.74, 6) is 0. The van der Waals surface area contributed by atoms with E-state index in [-0.39, 0.29) is 5.56 Å². The third-order valence-electron chi connectivity index (χ3n) is 3.86. The molecule has 0 fully saturated rings.